The highest BCUT2D eigenvalue weighted by atomic mass is 127. The maximum absolute atomic E-state index is 14.4. The minimum Gasteiger partial charge on any atom is -0.473 e. The number of halogens is 1. The summed E-state index contributed by atoms with van der Waals surface area (Å²) in [5, 5.41) is 12.2. The van der Waals surface area contributed by atoms with E-state index in [1.807, 2.05) is 6.08 Å². The molecule has 0 amide bonds. The Kier molecular flexibility index (Phi) is 8.29. The zero-order valence-electron chi connectivity index (χ0n) is 22.1. The van der Waals surface area contributed by atoms with Gasteiger partial charge in [-0.3, -0.25) is 9.69 Å². The molecule has 1 unspecified atom stereocenters. The maximum Gasteiger partial charge on any atom is 0.218 e. The summed E-state index contributed by atoms with van der Waals surface area (Å²) in [6, 6.07) is 4.41. The molecule has 0 radical (unpaired) electrons. The number of allylic oxidation sites excluding steroid dienone is 2. The number of nitrogen functional groups attached to an aromatic ring is 1. The van der Waals surface area contributed by atoms with Crippen molar-refractivity contribution in [3.05, 3.63) is 48.7 Å². The third-order valence-corrected chi connectivity index (χ3v) is 10.4. The molecule has 5 rings (SSSR count). The predicted octanol–water partition coefficient (Wildman–Crippen LogP) is 5.14. The molecule has 4 atom stereocenters. The largest absolute Gasteiger partial charge is 0.473 e. The quantitative estimate of drug-likeness (QED) is 0.172. The van der Waals surface area contributed by atoms with Crippen molar-refractivity contribution in [1.82, 2.24) is 14.9 Å². The van der Waals surface area contributed by atoms with Crippen LogP contribution in [0.1, 0.15) is 79.6 Å². The highest BCUT2D eigenvalue weighted by Gasteiger charge is 2.51. The lowest BCUT2D eigenvalue weighted by Gasteiger charge is -2.42. The number of likely N-dealkylation sites (N-methyl/N-ethyl adjacent to an activating group) is 1. The lowest BCUT2D eigenvalue weighted by Crippen LogP contribution is -2.44. The van der Waals surface area contributed by atoms with Gasteiger partial charge in [0.2, 0.25) is 5.88 Å². The van der Waals surface area contributed by atoms with Crippen molar-refractivity contribution >= 4 is 63.0 Å². The summed E-state index contributed by atoms with van der Waals surface area (Å²) in [6.45, 7) is 3.12. The third kappa shape index (κ3) is 5.09. The van der Waals surface area contributed by atoms with Crippen LogP contribution in [0.2, 0.25) is 0 Å². The number of carbonyl (C=O) groups excluding carboxylic acids is 1. The Hall–Kier alpha value is -2.14. The number of nitrogens with zero attached hydrogens (tertiary/aromatic N) is 4. The van der Waals surface area contributed by atoms with Crippen LogP contribution in [-0.4, -0.2) is 46.4 Å². The van der Waals surface area contributed by atoms with Crippen LogP contribution < -0.4 is 16.2 Å². The van der Waals surface area contributed by atoms with E-state index < -0.39 is 5.41 Å². The highest BCUT2D eigenvalue weighted by Crippen LogP contribution is 2.55. The van der Waals surface area contributed by atoms with E-state index in [4.69, 9.17) is 16.2 Å². The van der Waals surface area contributed by atoms with Crippen LogP contribution in [0.3, 0.4) is 0 Å². The first-order valence-electron chi connectivity index (χ1n) is 13.3. The molecule has 0 aromatic carbocycles. The number of nitrogens with two attached hydrogens (primary N) is 2. The molecule has 8 nitrogen and oxygen atoms in total. The number of likely N-dealkylation sites (tertiary alicyclic amines) is 1. The van der Waals surface area contributed by atoms with Crippen LogP contribution >= 0.6 is 46.6 Å². The van der Waals surface area contributed by atoms with Gasteiger partial charge < -0.3 is 16.2 Å². The lowest BCUT2D eigenvalue weighted by molar-refractivity contribution is -0.123. The van der Waals surface area contributed by atoms with Crippen LogP contribution in [0.4, 0.5) is 5.00 Å². The molecule has 39 heavy (non-hydrogen) atoms. The van der Waals surface area contributed by atoms with Gasteiger partial charge in [0, 0.05) is 34.0 Å². The van der Waals surface area contributed by atoms with Gasteiger partial charge in [-0.15, -0.1) is 11.3 Å². The summed E-state index contributed by atoms with van der Waals surface area (Å²) in [4.78, 5) is 26.9. The van der Waals surface area contributed by atoms with Crippen LogP contribution in [0.15, 0.2) is 23.1 Å². The number of thiol groups is 1. The number of rotatable bonds is 5. The van der Waals surface area contributed by atoms with E-state index in [0.717, 1.165) is 42.7 Å². The van der Waals surface area contributed by atoms with Crippen molar-refractivity contribution in [3.63, 3.8) is 0 Å². The number of fused-ring (bicyclic) bond motifs is 2. The van der Waals surface area contributed by atoms with Gasteiger partial charge in [-0.1, -0.05) is 6.08 Å². The van der Waals surface area contributed by atoms with E-state index in [2.05, 4.69) is 70.1 Å². The Labute approximate surface area is 252 Å². The molecule has 1 saturated heterocycles. The first-order valence-corrected chi connectivity index (χ1v) is 15.7. The second kappa shape index (κ2) is 11.4. The Morgan fingerprint density at radius 3 is 2.87 bits per heavy atom. The van der Waals surface area contributed by atoms with Crippen molar-refractivity contribution in [2.45, 2.75) is 75.3 Å². The number of carbonyl (C=O) groups is 1. The normalized spacial score (nSPS) is 27.5. The van der Waals surface area contributed by atoms with Gasteiger partial charge in [0.1, 0.15) is 20.9 Å². The number of ether oxygens (including phenoxy) is 1. The summed E-state index contributed by atoms with van der Waals surface area (Å²) >= 11 is 7.82. The van der Waals surface area contributed by atoms with Gasteiger partial charge in [-0.25, -0.2) is 4.98 Å². The van der Waals surface area contributed by atoms with Gasteiger partial charge >= 0.3 is 0 Å². The van der Waals surface area contributed by atoms with Gasteiger partial charge in [0.15, 0.2) is 11.6 Å². The van der Waals surface area contributed by atoms with E-state index >= 15 is 0 Å². The number of Topliss-reactive ketones (excluding diaryl/α,β-unsaturated/α-hetero) is 1. The number of aromatic nitrogens is 2. The zero-order chi connectivity index (χ0) is 27.9. The number of nitriles is 1. The fourth-order valence-corrected chi connectivity index (χ4v) is 8.52. The van der Waals surface area contributed by atoms with Crippen LogP contribution in [0.5, 0.6) is 5.88 Å². The predicted molar refractivity (Wildman–Crippen MR) is 166 cm³/mol. The molecule has 0 bridgehead atoms. The smallest absolute Gasteiger partial charge is 0.218 e. The maximum atomic E-state index is 14.4. The fourth-order valence-electron chi connectivity index (χ4n) is 6.59. The van der Waals surface area contributed by atoms with Crippen LogP contribution in [0.25, 0.3) is 5.70 Å². The Balaban J connectivity index is 1.52. The topological polar surface area (TPSA) is 131 Å². The molecule has 206 valence electrons. The van der Waals surface area contributed by atoms with E-state index in [1.165, 1.54) is 11.3 Å². The average molecular weight is 677 g/mol. The molecule has 2 fully saturated rings. The molecular weight excluding hydrogens is 643 g/mol. The number of hydrogen-bond acceptors (Lipinski definition) is 10. The average Bonchev–Trinajstić information content (AvgIpc) is 3.49. The fraction of sp³-hybridized carbons (Fsp3) is 0.500. The molecule has 11 heteroatoms. The molecule has 3 aliphatic rings. The van der Waals surface area contributed by atoms with E-state index in [0.29, 0.717) is 56.8 Å². The summed E-state index contributed by atoms with van der Waals surface area (Å²) < 4.78 is 6.95. The summed E-state index contributed by atoms with van der Waals surface area (Å²) in [5.74, 6) is 0.802. The number of anilines is 1. The van der Waals surface area contributed by atoms with Crippen molar-refractivity contribution < 1.29 is 9.53 Å². The SMILES string of the molecule is C[C@H](Oc1cc(I)nc(C(N)=C2CCC[C@@]3(CCC(/C=C\S)c4sc(N)c(C#N)c43)C2=O)n1)[C@@H]1CCCN1C. The second-order valence-corrected chi connectivity index (χ2v) is 13.2. The van der Waals surface area contributed by atoms with Crippen molar-refractivity contribution in [3.8, 4) is 11.9 Å². The van der Waals surface area contributed by atoms with Crippen LogP contribution in [0, 0.1) is 15.0 Å². The van der Waals surface area contributed by atoms with Gasteiger partial charge in [-0.2, -0.15) is 22.9 Å². The third-order valence-electron chi connectivity index (χ3n) is 8.49. The van der Waals surface area contributed by atoms with E-state index in [1.54, 1.807) is 11.5 Å². The number of ketones is 1. The number of hydrogen-bond donors (Lipinski definition) is 3. The van der Waals surface area contributed by atoms with Crippen molar-refractivity contribution in [2.75, 3.05) is 19.3 Å². The number of thiophene rings is 1. The Morgan fingerprint density at radius 1 is 1.38 bits per heavy atom. The van der Waals surface area contributed by atoms with Crippen molar-refractivity contribution in [1.29, 1.82) is 5.26 Å². The molecule has 1 spiro atoms. The Bertz CT molecular complexity index is 1400. The molecule has 1 saturated carbocycles. The minimum atomic E-state index is -0.823. The highest BCUT2D eigenvalue weighted by molar-refractivity contribution is 14.1. The summed E-state index contributed by atoms with van der Waals surface area (Å²) in [6.07, 6.45) is 7.57. The zero-order valence-corrected chi connectivity index (χ0v) is 26.0. The molecule has 2 aliphatic carbocycles. The van der Waals surface area contributed by atoms with E-state index in [9.17, 15) is 10.1 Å². The second-order valence-electron chi connectivity index (χ2n) is 10.7. The molecule has 2 aromatic rings. The van der Waals surface area contributed by atoms with E-state index in [-0.39, 0.29) is 23.5 Å². The summed E-state index contributed by atoms with van der Waals surface area (Å²) in [5.41, 5.74) is 14.2. The molecule has 2 aromatic heterocycles. The van der Waals surface area contributed by atoms with Crippen LogP contribution in [-0.2, 0) is 10.2 Å². The molecule has 3 heterocycles. The molecule has 4 N–H and O–H groups in total. The van der Waals surface area contributed by atoms with Gasteiger partial charge in [0.25, 0.3) is 0 Å². The monoisotopic (exact) mass is 676 g/mol. The van der Waals surface area contributed by atoms with Crippen molar-refractivity contribution in [2.24, 2.45) is 5.73 Å². The standard InChI is InChI=1S/C28H33IN6O2S2/c1-15(19-6-4-11-35(19)2)37-21-13-20(29)33-27(34-21)23(31)17-5-3-9-28(25(17)36)10-7-16(8-12-38)24-22(28)18(14-30)26(32)39-24/h8,12-13,15-16,19,38H,3-7,9-11,31-32H2,1-2H3/b12-8-,23-17?/t15-,16?,19-,28-/m0/s1. The van der Waals surface area contributed by atoms with Gasteiger partial charge in [0.05, 0.1) is 16.7 Å². The summed E-state index contributed by atoms with van der Waals surface area (Å²) in [7, 11) is 2.12. The van der Waals surface area contributed by atoms with Gasteiger partial charge in [-0.05, 0) is 93.5 Å². The minimum absolute atomic E-state index is 0.0408. The first-order chi connectivity index (χ1) is 18.7. The Morgan fingerprint density at radius 2 is 2.18 bits per heavy atom. The molecular formula is C28H33IN6O2S2. The molecule has 1 aliphatic heterocycles. The first kappa shape index (κ1) is 28.4. The lowest BCUT2D eigenvalue weighted by atomic mass is 9.59.